The molecule has 0 saturated heterocycles. The van der Waals surface area contributed by atoms with Crippen LogP contribution in [0.25, 0.3) is 10.2 Å². The number of carbonyl (C=O) groups is 1. The summed E-state index contributed by atoms with van der Waals surface area (Å²) in [5, 5.41) is 15.4. The van der Waals surface area contributed by atoms with Crippen molar-refractivity contribution in [3.05, 3.63) is 57.0 Å². The molecule has 4 rings (SSSR count). The van der Waals surface area contributed by atoms with Crippen LogP contribution in [0.1, 0.15) is 35.8 Å². The average molecular weight is 396 g/mol. The molecule has 1 aliphatic carbocycles. The number of fused-ring (bicyclic) bond motifs is 3. The Bertz CT molecular complexity index is 1130. The second-order valence-corrected chi connectivity index (χ2v) is 7.96. The first-order valence-corrected chi connectivity index (χ1v) is 9.97. The first kappa shape index (κ1) is 18.4. The molecule has 1 aliphatic rings. The van der Waals surface area contributed by atoms with Crippen molar-refractivity contribution in [1.82, 2.24) is 9.55 Å². The first-order valence-electron chi connectivity index (χ1n) is 9.15. The summed E-state index contributed by atoms with van der Waals surface area (Å²) in [6.07, 6.45) is 5.61. The summed E-state index contributed by atoms with van der Waals surface area (Å²) in [7, 11) is 0. The number of hydrogen-bond donors (Lipinski definition) is 2. The van der Waals surface area contributed by atoms with Crippen LogP contribution < -0.4 is 10.9 Å². The largest absolute Gasteiger partial charge is 0.411 e. The van der Waals surface area contributed by atoms with Gasteiger partial charge in [-0.05, 0) is 55.9 Å². The van der Waals surface area contributed by atoms with Gasteiger partial charge in [-0.3, -0.25) is 14.2 Å². The molecule has 3 aromatic rings. The van der Waals surface area contributed by atoms with Crippen LogP contribution in [0.2, 0.25) is 0 Å². The molecule has 8 heteroatoms. The van der Waals surface area contributed by atoms with E-state index in [0.717, 1.165) is 41.6 Å². The average Bonchev–Trinajstić information content (AvgIpc) is 3.09. The molecule has 144 valence electrons. The molecule has 2 N–H and O–H groups in total. The molecule has 0 spiro atoms. The summed E-state index contributed by atoms with van der Waals surface area (Å²) in [5.74, 6) is -0.298. The molecule has 2 aromatic heterocycles. The van der Waals surface area contributed by atoms with Crippen LogP contribution in [0.4, 0.5) is 5.69 Å². The molecule has 2 heterocycles. The molecule has 7 nitrogen and oxygen atoms in total. The van der Waals surface area contributed by atoms with Gasteiger partial charge in [-0.15, -0.1) is 11.3 Å². The summed E-state index contributed by atoms with van der Waals surface area (Å²) >= 11 is 1.60. The molecule has 0 unspecified atom stereocenters. The highest BCUT2D eigenvalue weighted by Gasteiger charge is 2.20. The van der Waals surface area contributed by atoms with E-state index in [4.69, 9.17) is 5.21 Å². The van der Waals surface area contributed by atoms with Gasteiger partial charge in [0.15, 0.2) is 0 Å². The Balaban J connectivity index is 1.54. The van der Waals surface area contributed by atoms with Crippen LogP contribution in [0.15, 0.2) is 40.5 Å². The first-order chi connectivity index (χ1) is 13.6. The minimum absolute atomic E-state index is 0.0920. The van der Waals surface area contributed by atoms with Crippen molar-refractivity contribution in [2.24, 2.45) is 5.16 Å². The summed E-state index contributed by atoms with van der Waals surface area (Å²) in [5.41, 5.74) is 2.82. The van der Waals surface area contributed by atoms with Crippen molar-refractivity contribution in [3.63, 3.8) is 0 Å². The van der Waals surface area contributed by atoms with E-state index in [0.29, 0.717) is 16.8 Å². The lowest BCUT2D eigenvalue weighted by Crippen LogP contribution is -2.28. The monoisotopic (exact) mass is 396 g/mol. The zero-order valence-corrected chi connectivity index (χ0v) is 16.3. The molecule has 0 bridgehead atoms. The summed E-state index contributed by atoms with van der Waals surface area (Å²) in [6, 6.07) is 6.95. The fourth-order valence-corrected chi connectivity index (χ4v) is 4.72. The zero-order chi connectivity index (χ0) is 19.7. The minimum atomic E-state index is -0.298. The van der Waals surface area contributed by atoms with E-state index >= 15 is 0 Å². The van der Waals surface area contributed by atoms with E-state index in [2.05, 4.69) is 15.5 Å². The lowest BCUT2D eigenvalue weighted by molar-refractivity contribution is -0.116. The Morgan fingerprint density at radius 2 is 2.04 bits per heavy atom. The van der Waals surface area contributed by atoms with Gasteiger partial charge in [0, 0.05) is 10.6 Å². The number of thiophene rings is 1. The van der Waals surface area contributed by atoms with E-state index in [9.17, 15) is 9.59 Å². The molecule has 0 aliphatic heterocycles. The highest BCUT2D eigenvalue weighted by atomic mass is 32.1. The number of aryl methyl sites for hydroxylation is 2. The number of amides is 1. The minimum Gasteiger partial charge on any atom is -0.411 e. The number of nitrogens with zero attached hydrogens (tertiary/aromatic N) is 3. The number of oxime groups is 1. The summed E-state index contributed by atoms with van der Waals surface area (Å²) in [4.78, 5) is 31.8. The molecule has 0 radical (unpaired) electrons. The molecular formula is C20H20N4O3S. The van der Waals surface area contributed by atoms with Crippen LogP contribution >= 0.6 is 11.3 Å². The Hall–Kier alpha value is -3.00. The fourth-order valence-electron chi connectivity index (χ4n) is 3.50. The Morgan fingerprint density at radius 1 is 1.29 bits per heavy atom. The molecular weight excluding hydrogens is 376 g/mol. The van der Waals surface area contributed by atoms with Crippen LogP contribution in [0.3, 0.4) is 0 Å². The Kier molecular flexibility index (Phi) is 4.95. The van der Waals surface area contributed by atoms with Gasteiger partial charge in [-0.25, -0.2) is 4.98 Å². The van der Waals surface area contributed by atoms with E-state index < -0.39 is 0 Å². The van der Waals surface area contributed by atoms with Crippen LogP contribution in [-0.2, 0) is 24.2 Å². The van der Waals surface area contributed by atoms with E-state index in [-0.39, 0.29) is 18.0 Å². The van der Waals surface area contributed by atoms with Gasteiger partial charge in [0.25, 0.3) is 5.56 Å². The molecule has 1 aromatic carbocycles. The van der Waals surface area contributed by atoms with Gasteiger partial charge in [0.1, 0.15) is 11.4 Å². The Morgan fingerprint density at radius 3 is 2.79 bits per heavy atom. The third-order valence-electron chi connectivity index (χ3n) is 4.99. The predicted molar refractivity (Wildman–Crippen MR) is 110 cm³/mol. The smallest absolute Gasteiger partial charge is 0.262 e. The maximum absolute atomic E-state index is 12.9. The van der Waals surface area contributed by atoms with E-state index in [1.807, 2.05) is 0 Å². The van der Waals surface area contributed by atoms with Crippen LogP contribution in [-0.4, -0.2) is 26.4 Å². The van der Waals surface area contributed by atoms with Gasteiger partial charge in [0.2, 0.25) is 5.91 Å². The molecule has 1 amide bonds. The SMILES string of the molecule is CC(=NO)c1ccc(NC(=O)Cn2cnc3sc4c(c3c2=O)CCCC4)cc1. The van der Waals surface area contributed by atoms with Crippen molar-refractivity contribution in [2.75, 3.05) is 5.32 Å². The zero-order valence-electron chi connectivity index (χ0n) is 15.4. The standard InChI is InChI=1S/C20H20N4O3S/c1-12(23-27)13-6-8-14(9-7-13)22-17(25)10-24-11-21-19-18(20(24)26)15-4-2-3-5-16(15)28-19/h6-9,11,27H,2-5,10H2,1H3,(H,22,25). The fraction of sp³-hybridized carbons (Fsp3) is 0.300. The predicted octanol–water partition coefficient (Wildman–Crippen LogP) is 3.17. The second-order valence-electron chi connectivity index (χ2n) is 6.88. The number of rotatable bonds is 4. The molecule has 0 saturated carbocycles. The maximum atomic E-state index is 12.9. The second kappa shape index (κ2) is 7.55. The van der Waals surface area contributed by atoms with Gasteiger partial charge in [-0.2, -0.15) is 0 Å². The summed E-state index contributed by atoms with van der Waals surface area (Å²) < 4.78 is 1.37. The van der Waals surface area contributed by atoms with Crippen molar-refractivity contribution in [1.29, 1.82) is 0 Å². The van der Waals surface area contributed by atoms with E-state index in [1.54, 1.807) is 42.5 Å². The number of nitrogens with one attached hydrogen (secondary N) is 1. The normalized spacial score (nSPS) is 14.1. The van der Waals surface area contributed by atoms with Crippen molar-refractivity contribution >= 4 is 38.9 Å². The highest BCUT2D eigenvalue weighted by molar-refractivity contribution is 7.18. The summed E-state index contributed by atoms with van der Waals surface area (Å²) in [6.45, 7) is 1.59. The molecule has 0 fully saturated rings. The number of carbonyl (C=O) groups excluding carboxylic acids is 1. The van der Waals surface area contributed by atoms with Crippen molar-refractivity contribution in [2.45, 2.75) is 39.2 Å². The lowest BCUT2D eigenvalue weighted by Gasteiger charge is -2.11. The maximum Gasteiger partial charge on any atom is 0.262 e. The van der Waals surface area contributed by atoms with Crippen LogP contribution in [0, 0.1) is 0 Å². The number of anilines is 1. The lowest BCUT2D eigenvalue weighted by atomic mass is 9.97. The van der Waals surface area contributed by atoms with Crippen molar-refractivity contribution in [3.8, 4) is 0 Å². The third kappa shape index (κ3) is 3.43. The van der Waals surface area contributed by atoms with Gasteiger partial charge >= 0.3 is 0 Å². The van der Waals surface area contributed by atoms with E-state index in [1.165, 1.54) is 15.8 Å². The topological polar surface area (TPSA) is 96.6 Å². The Labute approximate surface area is 165 Å². The number of hydrogen-bond acceptors (Lipinski definition) is 6. The third-order valence-corrected chi connectivity index (χ3v) is 6.19. The van der Waals surface area contributed by atoms with Gasteiger partial charge in [-0.1, -0.05) is 17.3 Å². The van der Waals surface area contributed by atoms with Gasteiger partial charge in [0.05, 0.1) is 17.4 Å². The van der Waals surface area contributed by atoms with Crippen LogP contribution in [0.5, 0.6) is 0 Å². The quantitative estimate of drug-likeness (QED) is 0.402. The van der Waals surface area contributed by atoms with Gasteiger partial charge < -0.3 is 10.5 Å². The number of benzene rings is 1. The molecule has 28 heavy (non-hydrogen) atoms. The van der Waals surface area contributed by atoms with Crippen molar-refractivity contribution < 1.29 is 10.0 Å². The number of aromatic nitrogens is 2. The molecule has 0 atom stereocenters. The highest BCUT2D eigenvalue weighted by Crippen LogP contribution is 2.33.